The molecule has 1 aromatic carbocycles. The van der Waals surface area contributed by atoms with Gasteiger partial charge in [-0.25, -0.2) is 0 Å². The molecule has 0 unspecified atom stereocenters. The summed E-state index contributed by atoms with van der Waals surface area (Å²) in [4.78, 5) is 10.5. The molecule has 1 fully saturated rings. The van der Waals surface area contributed by atoms with Crippen molar-refractivity contribution in [2.24, 2.45) is 0 Å². The van der Waals surface area contributed by atoms with Gasteiger partial charge in [-0.1, -0.05) is 12.1 Å². The van der Waals surface area contributed by atoms with Gasteiger partial charge in [0, 0.05) is 5.56 Å². The van der Waals surface area contributed by atoms with E-state index in [2.05, 4.69) is 6.92 Å². The van der Waals surface area contributed by atoms with E-state index in [1.165, 1.54) is 24.0 Å². The van der Waals surface area contributed by atoms with Crippen LogP contribution >= 0.6 is 0 Å². The summed E-state index contributed by atoms with van der Waals surface area (Å²) < 4.78 is 0. The lowest BCUT2D eigenvalue weighted by Crippen LogP contribution is -1.88. The Labute approximate surface area is 72.4 Å². The number of hydrogen-bond acceptors (Lipinski definition) is 1. The summed E-state index contributed by atoms with van der Waals surface area (Å²) in [5, 5.41) is 0. The summed E-state index contributed by atoms with van der Waals surface area (Å²) in [5.74, 6) is 0.741. The standard InChI is InChI=1S/C11H12O/c1-8-2-3-9(7-12)6-11(8)10-4-5-10/h2-3,6-7,10H,4-5H2,1H3. The third-order valence-electron chi connectivity index (χ3n) is 2.46. The van der Waals surface area contributed by atoms with E-state index in [4.69, 9.17) is 0 Å². The summed E-state index contributed by atoms with van der Waals surface area (Å²) in [5.41, 5.74) is 3.50. The van der Waals surface area contributed by atoms with E-state index in [0.717, 1.165) is 17.8 Å². The number of carbonyl (C=O) groups is 1. The summed E-state index contributed by atoms with van der Waals surface area (Å²) in [6.07, 6.45) is 3.51. The minimum atomic E-state index is 0.741. The average molecular weight is 160 g/mol. The Morgan fingerprint density at radius 1 is 1.42 bits per heavy atom. The number of benzene rings is 1. The minimum absolute atomic E-state index is 0.741. The van der Waals surface area contributed by atoms with Crippen LogP contribution in [0.5, 0.6) is 0 Å². The van der Waals surface area contributed by atoms with Gasteiger partial charge >= 0.3 is 0 Å². The molecule has 0 N–H and O–H groups in total. The van der Waals surface area contributed by atoms with Crippen molar-refractivity contribution in [3.05, 3.63) is 34.9 Å². The Bertz CT molecular complexity index is 311. The van der Waals surface area contributed by atoms with Crippen LogP contribution in [-0.2, 0) is 0 Å². The fourth-order valence-corrected chi connectivity index (χ4v) is 1.57. The quantitative estimate of drug-likeness (QED) is 0.608. The van der Waals surface area contributed by atoms with Gasteiger partial charge in [0.2, 0.25) is 0 Å². The third kappa shape index (κ3) is 1.27. The molecule has 0 aliphatic heterocycles. The topological polar surface area (TPSA) is 17.1 Å². The maximum absolute atomic E-state index is 10.5. The SMILES string of the molecule is Cc1ccc(C=O)cc1C1CC1. The first-order valence-corrected chi connectivity index (χ1v) is 4.37. The second-order valence-electron chi connectivity index (χ2n) is 3.51. The molecule has 1 saturated carbocycles. The van der Waals surface area contributed by atoms with Crippen LogP contribution in [0.15, 0.2) is 18.2 Å². The van der Waals surface area contributed by atoms with Gasteiger partial charge < -0.3 is 0 Å². The van der Waals surface area contributed by atoms with E-state index in [1.807, 2.05) is 18.2 Å². The second-order valence-corrected chi connectivity index (χ2v) is 3.51. The Morgan fingerprint density at radius 2 is 2.17 bits per heavy atom. The second kappa shape index (κ2) is 2.74. The van der Waals surface area contributed by atoms with Gasteiger partial charge in [-0.2, -0.15) is 0 Å². The average Bonchev–Trinajstić information content (AvgIpc) is 2.88. The van der Waals surface area contributed by atoms with Crippen molar-refractivity contribution in [1.29, 1.82) is 0 Å². The molecule has 0 bridgehead atoms. The van der Waals surface area contributed by atoms with Gasteiger partial charge in [0.15, 0.2) is 0 Å². The zero-order valence-electron chi connectivity index (χ0n) is 7.21. The molecule has 0 amide bonds. The molecule has 0 aromatic heterocycles. The highest BCUT2D eigenvalue weighted by Gasteiger charge is 2.24. The smallest absolute Gasteiger partial charge is 0.150 e. The van der Waals surface area contributed by atoms with Crippen LogP contribution in [0.25, 0.3) is 0 Å². The molecule has 0 saturated heterocycles. The molecule has 1 heteroatoms. The normalized spacial score (nSPS) is 16.1. The molecule has 1 aromatic rings. The number of hydrogen-bond donors (Lipinski definition) is 0. The number of aldehydes is 1. The summed E-state index contributed by atoms with van der Waals surface area (Å²) in [7, 11) is 0. The van der Waals surface area contributed by atoms with E-state index in [-0.39, 0.29) is 0 Å². The zero-order chi connectivity index (χ0) is 8.55. The van der Waals surface area contributed by atoms with Crippen molar-refractivity contribution in [2.75, 3.05) is 0 Å². The highest BCUT2D eigenvalue weighted by Crippen LogP contribution is 2.41. The Kier molecular flexibility index (Phi) is 1.72. The molecule has 12 heavy (non-hydrogen) atoms. The largest absolute Gasteiger partial charge is 0.298 e. The third-order valence-corrected chi connectivity index (χ3v) is 2.46. The van der Waals surface area contributed by atoms with E-state index in [1.54, 1.807) is 0 Å². The molecular weight excluding hydrogens is 148 g/mol. The lowest BCUT2D eigenvalue weighted by atomic mass is 10.0. The van der Waals surface area contributed by atoms with Crippen molar-refractivity contribution in [3.8, 4) is 0 Å². The fraction of sp³-hybridized carbons (Fsp3) is 0.364. The first-order valence-electron chi connectivity index (χ1n) is 4.37. The van der Waals surface area contributed by atoms with Gasteiger partial charge in [-0.15, -0.1) is 0 Å². The minimum Gasteiger partial charge on any atom is -0.298 e. The van der Waals surface area contributed by atoms with Crippen molar-refractivity contribution >= 4 is 6.29 Å². The lowest BCUT2D eigenvalue weighted by molar-refractivity contribution is 0.112. The molecular formula is C11H12O. The Morgan fingerprint density at radius 3 is 2.75 bits per heavy atom. The summed E-state index contributed by atoms with van der Waals surface area (Å²) in [6, 6.07) is 5.95. The van der Waals surface area contributed by atoms with Crippen LogP contribution in [0.4, 0.5) is 0 Å². The molecule has 0 spiro atoms. The number of rotatable bonds is 2. The molecule has 1 aliphatic carbocycles. The lowest BCUT2D eigenvalue weighted by Gasteiger charge is -2.03. The molecule has 62 valence electrons. The van der Waals surface area contributed by atoms with Crippen molar-refractivity contribution in [3.63, 3.8) is 0 Å². The summed E-state index contributed by atoms with van der Waals surface area (Å²) >= 11 is 0. The van der Waals surface area contributed by atoms with Crippen LogP contribution in [-0.4, -0.2) is 6.29 Å². The predicted octanol–water partition coefficient (Wildman–Crippen LogP) is 2.68. The van der Waals surface area contributed by atoms with Crippen LogP contribution in [0, 0.1) is 6.92 Å². The van der Waals surface area contributed by atoms with E-state index in [0.29, 0.717) is 0 Å². The molecule has 0 radical (unpaired) electrons. The maximum Gasteiger partial charge on any atom is 0.150 e. The first kappa shape index (κ1) is 7.53. The highest BCUT2D eigenvalue weighted by atomic mass is 16.1. The molecule has 2 rings (SSSR count). The van der Waals surface area contributed by atoms with Crippen LogP contribution in [0.2, 0.25) is 0 Å². The van der Waals surface area contributed by atoms with Crippen LogP contribution in [0.3, 0.4) is 0 Å². The van der Waals surface area contributed by atoms with Crippen molar-refractivity contribution in [2.45, 2.75) is 25.7 Å². The predicted molar refractivity (Wildman–Crippen MR) is 48.5 cm³/mol. The molecule has 0 heterocycles. The highest BCUT2D eigenvalue weighted by molar-refractivity contribution is 5.75. The zero-order valence-corrected chi connectivity index (χ0v) is 7.21. The van der Waals surface area contributed by atoms with Crippen LogP contribution < -0.4 is 0 Å². The van der Waals surface area contributed by atoms with Crippen molar-refractivity contribution in [1.82, 2.24) is 0 Å². The van der Waals surface area contributed by atoms with Crippen LogP contribution in [0.1, 0.15) is 40.2 Å². The van der Waals surface area contributed by atoms with Crippen molar-refractivity contribution < 1.29 is 4.79 Å². The van der Waals surface area contributed by atoms with Gasteiger partial charge in [0.05, 0.1) is 0 Å². The fourth-order valence-electron chi connectivity index (χ4n) is 1.57. The Balaban J connectivity index is 2.42. The van der Waals surface area contributed by atoms with E-state index < -0.39 is 0 Å². The number of aryl methyl sites for hydroxylation is 1. The van der Waals surface area contributed by atoms with Gasteiger partial charge in [0.1, 0.15) is 6.29 Å². The molecule has 1 nitrogen and oxygen atoms in total. The maximum atomic E-state index is 10.5. The molecule has 1 aliphatic rings. The van der Waals surface area contributed by atoms with E-state index >= 15 is 0 Å². The van der Waals surface area contributed by atoms with E-state index in [9.17, 15) is 4.79 Å². The Hall–Kier alpha value is -1.11. The van der Waals surface area contributed by atoms with Gasteiger partial charge in [-0.05, 0) is 42.9 Å². The number of carbonyl (C=O) groups excluding carboxylic acids is 1. The van der Waals surface area contributed by atoms with Gasteiger partial charge in [0.25, 0.3) is 0 Å². The summed E-state index contributed by atoms with van der Waals surface area (Å²) in [6.45, 7) is 2.11. The molecule has 0 atom stereocenters. The first-order chi connectivity index (χ1) is 5.81. The van der Waals surface area contributed by atoms with Gasteiger partial charge in [-0.3, -0.25) is 4.79 Å². The monoisotopic (exact) mass is 160 g/mol.